The van der Waals surface area contributed by atoms with Crippen LogP contribution in [0.4, 0.5) is 0 Å². The normalized spacial score (nSPS) is 12.3. The van der Waals surface area contributed by atoms with Crippen molar-refractivity contribution in [1.82, 2.24) is 9.88 Å². The number of ether oxygens (including phenoxy) is 2. The van der Waals surface area contributed by atoms with E-state index in [1.165, 1.54) is 6.08 Å². The summed E-state index contributed by atoms with van der Waals surface area (Å²) >= 11 is 0. The number of aromatic nitrogens is 1. The fourth-order valence-corrected chi connectivity index (χ4v) is 2.71. The van der Waals surface area contributed by atoms with E-state index in [4.69, 9.17) is 9.47 Å². The van der Waals surface area contributed by atoms with Gasteiger partial charge in [0.1, 0.15) is 12.7 Å². The van der Waals surface area contributed by atoms with Crippen molar-refractivity contribution in [1.29, 1.82) is 0 Å². The lowest BCUT2D eigenvalue weighted by Gasteiger charge is -2.22. The van der Waals surface area contributed by atoms with Gasteiger partial charge in [-0.3, -0.25) is 9.78 Å². The van der Waals surface area contributed by atoms with Gasteiger partial charge in [0.2, 0.25) is 0 Å². The van der Waals surface area contributed by atoms with E-state index >= 15 is 0 Å². The Balaban J connectivity index is 2.04. The number of rotatable bonds is 11. The molecule has 1 atom stereocenters. The summed E-state index contributed by atoms with van der Waals surface area (Å²) in [6, 6.07) is 8.76. The van der Waals surface area contributed by atoms with Crippen LogP contribution in [0.2, 0.25) is 0 Å². The van der Waals surface area contributed by atoms with Gasteiger partial charge >= 0.3 is 0 Å². The third kappa shape index (κ3) is 6.48. The van der Waals surface area contributed by atoms with Gasteiger partial charge in [0.05, 0.1) is 7.11 Å². The molecule has 0 saturated carbocycles. The van der Waals surface area contributed by atoms with E-state index in [-0.39, 0.29) is 12.4 Å². The third-order valence-corrected chi connectivity index (χ3v) is 4.37. The number of allylic oxidation sites excluding steroid dienone is 1. The molecular weight excluding hydrogens is 356 g/mol. The maximum Gasteiger partial charge on any atom is 0.185 e. The lowest BCUT2D eigenvalue weighted by Crippen LogP contribution is -2.35. The molecule has 2 aromatic rings. The molecule has 6 nitrogen and oxygen atoms in total. The molecule has 0 fully saturated rings. The standard InChI is InChI=1S/C22H28N2O4/c1-4-24(5-2)15-19(25)16-28-22-14-17(7-9-21(22)27-3)6-8-20(26)18-10-12-23-13-11-18/h6-14,19,25H,4-5,15-16H2,1-3H3/b8-6+. The number of hydrogen-bond acceptors (Lipinski definition) is 6. The van der Waals surface area contributed by atoms with E-state index in [1.807, 2.05) is 6.07 Å². The molecule has 0 spiro atoms. The minimum absolute atomic E-state index is 0.102. The zero-order chi connectivity index (χ0) is 20.4. The van der Waals surface area contributed by atoms with Crippen molar-refractivity contribution in [2.24, 2.45) is 0 Å². The second-order valence-electron chi connectivity index (χ2n) is 6.29. The molecule has 0 bridgehead atoms. The van der Waals surface area contributed by atoms with Crippen LogP contribution in [-0.4, -0.2) is 60.2 Å². The van der Waals surface area contributed by atoms with Gasteiger partial charge < -0.3 is 19.5 Å². The number of carbonyl (C=O) groups excluding carboxylic acids is 1. The minimum atomic E-state index is -0.600. The lowest BCUT2D eigenvalue weighted by molar-refractivity contribution is 0.0706. The number of ketones is 1. The number of aliphatic hydroxyl groups is 1. The SMILES string of the molecule is CCN(CC)CC(O)COc1cc(/C=C/C(=O)c2ccncc2)ccc1OC. The lowest BCUT2D eigenvalue weighted by atomic mass is 10.1. The molecule has 0 amide bonds. The quantitative estimate of drug-likeness (QED) is 0.474. The van der Waals surface area contributed by atoms with E-state index in [0.717, 1.165) is 18.7 Å². The van der Waals surface area contributed by atoms with Gasteiger partial charge in [-0.2, -0.15) is 0 Å². The van der Waals surface area contributed by atoms with Gasteiger partial charge in [0.15, 0.2) is 17.3 Å². The van der Waals surface area contributed by atoms with Gasteiger partial charge in [0, 0.05) is 24.5 Å². The molecule has 0 radical (unpaired) electrons. The van der Waals surface area contributed by atoms with Crippen molar-refractivity contribution in [2.45, 2.75) is 20.0 Å². The Morgan fingerprint density at radius 1 is 1.18 bits per heavy atom. The molecular formula is C22H28N2O4. The van der Waals surface area contributed by atoms with E-state index in [0.29, 0.717) is 23.6 Å². The van der Waals surface area contributed by atoms with Gasteiger partial charge in [0.25, 0.3) is 0 Å². The summed E-state index contributed by atoms with van der Waals surface area (Å²) in [6.07, 6.45) is 5.81. The van der Waals surface area contributed by atoms with E-state index in [2.05, 4.69) is 23.7 Å². The molecule has 1 heterocycles. The molecule has 0 aliphatic rings. The number of benzene rings is 1. The first-order valence-electron chi connectivity index (χ1n) is 9.41. The van der Waals surface area contributed by atoms with Crippen LogP contribution < -0.4 is 9.47 Å². The highest BCUT2D eigenvalue weighted by atomic mass is 16.5. The third-order valence-electron chi connectivity index (χ3n) is 4.37. The van der Waals surface area contributed by atoms with Crippen LogP contribution >= 0.6 is 0 Å². The number of hydrogen-bond donors (Lipinski definition) is 1. The number of methoxy groups -OCH3 is 1. The Hall–Kier alpha value is -2.70. The number of nitrogens with zero attached hydrogens (tertiary/aromatic N) is 2. The molecule has 0 aliphatic carbocycles. The van der Waals surface area contributed by atoms with Gasteiger partial charge in [-0.1, -0.05) is 26.0 Å². The number of pyridine rings is 1. The maximum absolute atomic E-state index is 12.2. The first-order chi connectivity index (χ1) is 13.6. The number of likely N-dealkylation sites (N-methyl/N-ethyl adjacent to an activating group) is 1. The maximum atomic E-state index is 12.2. The number of aliphatic hydroxyl groups excluding tert-OH is 1. The van der Waals surface area contributed by atoms with Crippen LogP contribution in [0.15, 0.2) is 48.8 Å². The van der Waals surface area contributed by atoms with Crippen LogP contribution in [-0.2, 0) is 0 Å². The first kappa shape index (κ1) is 21.6. The highest BCUT2D eigenvalue weighted by Gasteiger charge is 2.12. The summed E-state index contributed by atoms with van der Waals surface area (Å²) in [6.45, 7) is 6.59. The number of carbonyl (C=O) groups is 1. The van der Waals surface area contributed by atoms with Gasteiger partial charge in [-0.15, -0.1) is 0 Å². The molecule has 28 heavy (non-hydrogen) atoms. The summed E-state index contributed by atoms with van der Waals surface area (Å²) in [5, 5.41) is 10.2. The van der Waals surface area contributed by atoms with Crippen LogP contribution in [0, 0.1) is 0 Å². The molecule has 1 unspecified atom stereocenters. The fourth-order valence-electron chi connectivity index (χ4n) is 2.71. The summed E-state index contributed by atoms with van der Waals surface area (Å²) in [4.78, 5) is 18.2. The minimum Gasteiger partial charge on any atom is -0.493 e. The molecule has 2 rings (SSSR count). The Labute approximate surface area is 166 Å². The van der Waals surface area contributed by atoms with Crippen LogP contribution in [0.25, 0.3) is 6.08 Å². The molecule has 1 aromatic carbocycles. The average Bonchev–Trinajstić information content (AvgIpc) is 2.74. The molecule has 6 heteroatoms. The second kappa shape index (κ2) is 11.2. The molecule has 1 aromatic heterocycles. The monoisotopic (exact) mass is 384 g/mol. The Kier molecular flexibility index (Phi) is 8.65. The van der Waals surface area contributed by atoms with E-state index in [1.54, 1.807) is 49.8 Å². The summed E-state index contributed by atoms with van der Waals surface area (Å²) in [5.74, 6) is 1.00. The van der Waals surface area contributed by atoms with Gasteiger partial charge in [-0.25, -0.2) is 0 Å². The smallest absolute Gasteiger partial charge is 0.185 e. The van der Waals surface area contributed by atoms with Crippen molar-refractivity contribution in [3.05, 3.63) is 59.9 Å². The largest absolute Gasteiger partial charge is 0.493 e. The predicted octanol–water partition coefficient (Wildman–Crippen LogP) is 3.07. The first-order valence-corrected chi connectivity index (χ1v) is 9.41. The highest BCUT2D eigenvalue weighted by molar-refractivity contribution is 6.06. The summed E-state index contributed by atoms with van der Waals surface area (Å²) in [7, 11) is 1.57. The van der Waals surface area contributed by atoms with Crippen LogP contribution in [0.5, 0.6) is 11.5 Å². The molecule has 1 N–H and O–H groups in total. The second-order valence-corrected chi connectivity index (χ2v) is 6.29. The average molecular weight is 384 g/mol. The Morgan fingerprint density at radius 2 is 1.89 bits per heavy atom. The van der Waals surface area contributed by atoms with Crippen molar-refractivity contribution >= 4 is 11.9 Å². The zero-order valence-electron chi connectivity index (χ0n) is 16.7. The predicted molar refractivity (Wildman–Crippen MR) is 110 cm³/mol. The summed E-state index contributed by atoms with van der Waals surface area (Å²) in [5.41, 5.74) is 1.38. The van der Waals surface area contributed by atoms with Crippen molar-refractivity contribution in [3.8, 4) is 11.5 Å². The van der Waals surface area contributed by atoms with Crippen molar-refractivity contribution < 1.29 is 19.4 Å². The summed E-state index contributed by atoms with van der Waals surface area (Å²) < 4.78 is 11.1. The fraction of sp³-hybridized carbons (Fsp3) is 0.364. The topological polar surface area (TPSA) is 71.9 Å². The zero-order valence-corrected chi connectivity index (χ0v) is 16.7. The molecule has 0 saturated heterocycles. The highest BCUT2D eigenvalue weighted by Crippen LogP contribution is 2.28. The van der Waals surface area contributed by atoms with Gasteiger partial charge in [-0.05, 0) is 49.0 Å². The van der Waals surface area contributed by atoms with Crippen LogP contribution in [0.3, 0.4) is 0 Å². The van der Waals surface area contributed by atoms with Crippen LogP contribution in [0.1, 0.15) is 29.8 Å². The van der Waals surface area contributed by atoms with E-state index in [9.17, 15) is 9.90 Å². The molecule has 0 aliphatic heterocycles. The van der Waals surface area contributed by atoms with Crippen molar-refractivity contribution in [3.63, 3.8) is 0 Å². The Bertz CT molecular complexity index is 773. The van der Waals surface area contributed by atoms with Crippen molar-refractivity contribution in [2.75, 3.05) is 33.4 Å². The molecule has 150 valence electrons. The Morgan fingerprint density at radius 3 is 2.54 bits per heavy atom. The van der Waals surface area contributed by atoms with E-state index < -0.39 is 6.10 Å².